The molecule has 12 heteroatoms. The molecule has 4 rings (SSSR count). The fraction of sp³-hybridized carbons (Fsp3) is 0.550. The number of hydrogen-bond acceptors (Lipinski definition) is 7. The van der Waals surface area contributed by atoms with Crippen LogP contribution in [0, 0.1) is 6.92 Å². The Morgan fingerprint density at radius 1 is 1.25 bits per heavy atom. The van der Waals surface area contributed by atoms with Crippen LogP contribution in [0.1, 0.15) is 34.2 Å². The molecule has 2 saturated heterocycles. The lowest BCUT2D eigenvalue weighted by atomic mass is 9.89. The van der Waals surface area contributed by atoms with Crippen molar-refractivity contribution in [3.05, 3.63) is 40.2 Å². The number of halogens is 3. The number of alkyl halides is 3. The van der Waals surface area contributed by atoms with Crippen LogP contribution >= 0.6 is 11.3 Å². The van der Waals surface area contributed by atoms with Crippen LogP contribution in [0.2, 0.25) is 0 Å². The van der Waals surface area contributed by atoms with Gasteiger partial charge in [0.2, 0.25) is 0 Å². The molecule has 1 N–H and O–H groups in total. The van der Waals surface area contributed by atoms with Crippen LogP contribution in [0.5, 0.6) is 0 Å². The zero-order valence-corrected chi connectivity index (χ0v) is 18.2. The van der Waals surface area contributed by atoms with E-state index in [0.717, 1.165) is 49.9 Å². The first-order chi connectivity index (χ1) is 15.1. The standard InChI is InChI=1S/C18H23N3O3S.C2HF3O2/c1-14-2-3-15(24-14)17(22)21-7-4-18(5-8-21)13-20(9-10-23-18)12-16-19-6-11-25-16;3-2(4,5)1(6)7/h2-3,6,11H,4-5,7-10,12-13H2,1H3;(H,6,7). The molecule has 0 radical (unpaired) electrons. The summed E-state index contributed by atoms with van der Waals surface area (Å²) in [6.45, 7) is 6.76. The Morgan fingerprint density at radius 2 is 1.94 bits per heavy atom. The van der Waals surface area contributed by atoms with Crippen LogP contribution in [0.25, 0.3) is 0 Å². The summed E-state index contributed by atoms with van der Waals surface area (Å²) in [5, 5.41) is 10.3. The maximum absolute atomic E-state index is 12.5. The Balaban J connectivity index is 0.000000360. The number of aryl methyl sites for hydroxylation is 1. The number of likely N-dealkylation sites (tertiary alicyclic amines) is 1. The average Bonchev–Trinajstić information content (AvgIpc) is 3.40. The van der Waals surface area contributed by atoms with Crippen molar-refractivity contribution < 1.29 is 37.0 Å². The highest BCUT2D eigenvalue weighted by Crippen LogP contribution is 2.31. The summed E-state index contributed by atoms with van der Waals surface area (Å²) in [5.41, 5.74) is -0.134. The van der Waals surface area contributed by atoms with Gasteiger partial charge in [-0.2, -0.15) is 13.2 Å². The molecule has 2 aliphatic heterocycles. The predicted octanol–water partition coefficient (Wildman–Crippen LogP) is 3.19. The molecule has 2 fully saturated rings. The van der Waals surface area contributed by atoms with E-state index in [1.54, 1.807) is 17.4 Å². The molecule has 0 unspecified atom stereocenters. The second-order valence-electron chi connectivity index (χ2n) is 7.67. The summed E-state index contributed by atoms with van der Waals surface area (Å²) in [5.74, 6) is -1.57. The van der Waals surface area contributed by atoms with Gasteiger partial charge < -0.3 is 19.2 Å². The quantitative estimate of drug-likeness (QED) is 0.728. The third-order valence-electron chi connectivity index (χ3n) is 5.33. The normalized spacial score (nSPS) is 18.8. The van der Waals surface area contributed by atoms with E-state index in [-0.39, 0.29) is 11.5 Å². The number of aliphatic carboxylic acids is 1. The van der Waals surface area contributed by atoms with Gasteiger partial charge >= 0.3 is 12.1 Å². The lowest BCUT2D eigenvalue weighted by molar-refractivity contribution is -0.192. The number of carboxylic acids is 1. The molecule has 0 saturated carbocycles. The molecule has 0 atom stereocenters. The van der Waals surface area contributed by atoms with Gasteiger partial charge in [-0.1, -0.05) is 0 Å². The minimum atomic E-state index is -5.08. The minimum Gasteiger partial charge on any atom is -0.475 e. The van der Waals surface area contributed by atoms with Crippen molar-refractivity contribution in [1.29, 1.82) is 0 Å². The van der Waals surface area contributed by atoms with Gasteiger partial charge in [0.05, 0.1) is 18.8 Å². The maximum Gasteiger partial charge on any atom is 0.490 e. The molecule has 2 aromatic heterocycles. The molecule has 0 aromatic carbocycles. The van der Waals surface area contributed by atoms with Gasteiger partial charge in [-0.3, -0.25) is 9.69 Å². The zero-order chi connectivity index (χ0) is 23.4. The van der Waals surface area contributed by atoms with E-state index in [1.807, 2.05) is 29.5 Å². The summed E-state index contributed by atoms with van der Waals surface area (Å²) in [6, 6.07) is 3.59. The number of nitrogens with zero attached hydrogens (tertiary/aromatic N) is 3. The van der Waals surface area contributed by atoms with Gasteiger partial charge in [-0.25, -0.2) is 9.78 Å². The number of hydrogen-bond donors (Lipinski definition) is 1. The first kappa shape index (κ1) is 24.2. The predicted molar refractivity (Wildman–Crippen MR) is 108 cm³/mol. The van der Waals surface area contributed by atoms with Crippen LogP contribution in [0.15, 0.2) is 28.1 Å². The Hall–Kier alpha value is -2.44. The highest BCUT2D eigenvalue weighted by Gasteiger charge is 2.41. The SMILES string of the molecule is Cc1ccc(C(=O)N2CCC3(CC2)CN(Cc2nccs2)CCO3)o1.O=C(O)C(F)(F)F. The summed E-state index contributed by atoms with van der Waals surface area (Å²) in [4.78, 5) is 30.1. The second kappa shape index (κ2) is 10.0. The van der Waals surface area contributed by atoms with Crippen molar-refractivity contribution in [2.24, 2.45) is 0 Å². The molecule has 32 heavy (non-hydrogen) atoms. The Morgan fingerprint density at radius 3 is 2.47 bits per heavy atom. The van der Waals surface area contributed by atoms with Crippen molar-refractivity contribution in [3.63, 3.8) is 0 Å². The molecule has 4 heterocycles. The van der Waals surface area contributed by atoms with E-state index < -0.39 is 12.1 Å². The minimum absolute atomic E-state index is 0.0154. The number of carbonyl (C=O) groups excluding carboxylic acids is 1. The van der Waals surface area contributed by atoms with Crippen molar-refractivity contribution in [2.75, 3.05) is 32.8 Å². The molecule has 2 aliphatic rings. The molecule has 1 spiro atoms. The van der Waals surface area contributed by atoms with Gasteiger partial charge in [0.1, 0.15) is 10.8 Å². The van der Waals surface area contributed by atoms with E-state index in [4.69, 9.17) is 19.1 Å². The Labute approximate surface area is 186 Å². The van der Waals surface area contributed by atoms with E-state index in [2.05, 4.69) is 9.88 Å². The monoisotopic (exact) mass is 475 g/mol. The third kappa shape index (κ3) is 6.30. The van der Waals surface area contributed by atoms with E-state index in [1.165, 1.54) is 0 Å². The fourth-order valence-electron chi connectivity index (χ4n) is 3.71. The Bertz CT molecular complexity index is 908. The summed E-state index contributed by atoms with van der Waals surface area (Å²) < 4.78 is 43.4. The van der Waals surface area contributed by atoms with Crippen LogP contribution < -0.4 is 0 Å². The Kier molecular flexibility index (Phi) is 7.57. The van der Waals surface area contributed by atoms with Crippen molar-refractivity contribution in [2.45, 2.75) is 38.1 Å². The number of rotatable bonds is 3. The highest BCUT2D eigenvalue weighted by molar-refractivity contribution is 7.09. The van der Waals surface area contributed by atoms with Crippen molar-refractivity contribution >= 4 is 23.2 Å². The number of ether oxygens (including phenoxy) is 1. The van der Waals surface area contributed by atoms with Crippen LogP contribution in [0.4, 0.5) is 13.2 Å². The summed E-state index contributed by atoms with van der Waals surface area (Å²) in [7, 11) is 0. The number of furan rings is 1. The number of thiazole rings is 1. The largest absolute Gasteiger partial charge is 0.490 e. The van der Waals surface area contributed by atoms with E-state index in [0.29, 0.717) is 18.8 Å². The summed E-state index contributed by atoms with van der Waals surface area (Å²) in [6.07, 6.45) is -1.49. The van der Waals surface area contributed by atoms with Gasteiger partial charge in [0, 0.05) is 37.8 Å². The number of carboxylic acid groups (broad SMARTS) is 1. The van der Waals surface area contributed by atoms with Gasteiger partial charge in [-0.15, -0.1) is 11.3 Å². The van der Waals surface area contributed by atoms with Crippen molar-refractivity contribution in [1.82, 2.24) is 14.8 Å². The number of carbonyl (C=O) groups is 2. The second-order valence-corrected chi connectivity index (χ2v) is 8.65. The molecular weight excluding hydrogens is 451 g/mol. The zero-order valence-electron chi connectivity index (χ0n) is 17.4. The van der Waals surface area contributed by atoms with Gasteiger partial charge in [-0.05, 0) is 31.9 Å². The van der Waals surface area contributed by atoms with Gasteiger partial charge in [0.25, 0.3) is 5.91 Å². The lowest BCUT2D eigenvalue weighted by Crippen LogP contribution is -2.57. The lowest BCUT2D eigenvalue weighted by Gasteiger charge is -2.47. The van der Waals surface area contributed by atoms with E-state index in [9.17, 15) is 18.0 Å². The molecule has 0 bridgehead atoms. The van der Waals surface area contributed by atoms with Crippen LogP contribution in [0.3, 0.4) is 0 Å². The fourth-order valence-corrected chi connectivity index (χ4v) is 4.36. The topological polar surface area (TPSA) is 96.1 Å². The molecular formula is C20H24F3N3O5S. The smallest absolute Gasteiger partial charge is 0.475 e. The molecule has 8 nitrogen and oxygen atoms in total. The van der Waals surface area contributed by atoms with Crippen LogP contribution in [-0.2, 0) is 16.1 Å². The summed E-state index contributed by atoms with van der Waals surface area (Å²) >= 11 is 1.70. The third-order valence-corrected chi connectivity index (χ3v) is 6.09. The highest BCUT2D eigenvalue weighted by atomic mass is 32.1. The van der Waals surface area contributed by atoms with Crippen molar-refractivity contribution in [3.8, 4) is 0 Å². The van der Waals surface area contributed by atoms with Gasteiger partial charge in [0.15, 0.2) is 5.76 Å². The number of amides is 1. The number of aromatic nitrogens is 1. The van der Waals surface area contributed by atoms with E-state index >= 15 is 0 Å². The first-order valence-corrected chi connectivity index (χ1v) is 10.9. The molecule has 2 aromatic rings. The molecule has 176 valence electrons. The van der Waals surface area contributed by atoms with Crippen LogP contribution in [-0.4, -0.2) is 76.3 Å². The maximum atomic E-state index is 12.5. The first-order valence-electron chi connectivity index (χ1n) is 9.98. The number of piperidine rings is 1. The average molecular weight is 475 g/mol. The molecule has 1 amide bonds. The number of morpholine rings is 1. The molecule has 0 aliphatic carbocycles.